The highest BCUT2D eigenvalue weighted by molar-refractivity contribution is 7.19. The van der Waals surface area contributed by atoms with Crippen molar-refractivity contribution >= 4 is 50.3 Å². The minimum Gasteiger partial charge on any atom is -0.135 e. The van der Waals surface area contributed by atoms with Crippen molar-refractivity contribution in [2.24, 2.45) is 0 Å². The number of hydrogen-bond acceptors (Lipinski definition) is 2. The van der Waals surface area contributed by atoms with E-state index in [1.54, 1.807) is 6.08 Å². The van der Waals surface area contributed by atoms with Gasteiger partial charge in [0.25, 0.3) is 0 Å². The summed E-state index contributed by atoms with van der Waals surface area (Å²) in [5.41, 5.74) is 14.3. The van der Waals surface area contributed by atoms with Crippen molar-refractivity contribution in [3.8, 4) is 75.1 Å². The maximum atomic E-state index is 3.97. The molecule has 2 heterocycles. The summed E-state index contributed by atoms with van der Waals surface area (Å²) < 4.78 is 0. The Balaban J connectivity index is 1.16. The molecule has 0 saturated carbocycles. The normalized spacial score (nSPS) is 11.7. The van der Waals surface area contributed by atoms with Crippen LogP contribution in [0.1, 0.15) is 5.56 Å². The highest BCUT2D eigenvalue weighted by Gasteiger charge is 2.19. The van der Waals surface area contributed by atoms with E-state index in [2.05, 4.69) is 226 Å². The minimum absolute atomic E-state index is 1.01. The lowest BCUT2D eigenvalue weighted by Crippen LogP contribution is -1.92. The standard InChI is InChI=1S/C60H42S2/c1-3-16-41(4-2)29-30-42-17-13-22-45(37-42)46-31-32-53-54(40-46)60(50-26-15-24-48(39-50)58-36-34-56(62-58)44-20-9-6-10-21-44)52-28-12-11-27-51(52)59(53)49-25-14-23-47(38-49)57-35-33-55(61-57)43-18-7-5-8-19-43/h3-40H,1-2H2/b30-29+,41-16+. The van der Waals surface area contributed by atoms with Crippen LogP contribution in [0.5, 0.6) is 0 Å². The second-order valence-electron chi connectivity index (χ2n) is 15.3. The molecule has 0 aliphatic rings. The van der Waals surface area contributed by atoms with Gasteiger partial charge in [-0.3, -0.25) is 0 Å². The molecule has 0 saturated heterocycles. The summed E-state index contributed by atoms with van der Waals surface area (Å²) in [7, 11) is 0. The van der Waals surface area contributed by atoms with E-state index in [1.807, 2.05) is 34.8 Å². The molecule has 8 aromatic carbocycles. The number of rotatable bonds is 11. The van der Waals surface area contributed by atoms with Gasteiger partial charge in [-0.2, -0.15) is 0 Å². The molecule has 0 amide bonds. The van der Waals surface area contributed by atoms with Crippen molar-refractivity contribution in [2.45, 2.75) is 0 Å². The lowest BCUT2D eigenvalue weighted by molar-refractivity contribution is 1.60. The lowest BCUT2D eigenvalue weighted by atomic mass is 9.84. The van der Waals surface area contributed by atoms with E-state index >= 15 is 0 Å². The molecule has 0 fully saturated rings. The Morgan fingerprint density at radius 3 is 1.37 bits per heavy atom. The van der Waals surface area contributed by atoms with Crippen LogP contribution in [0.4, 0.5) is 0 Å². The number of benzene rings is 8. The molecule has 0 unspecified atom stereocenters. The van der Waals surface area contributed by atoms with Gasteiger partial charge >= 0.3 is 0 Å². The van der Waals surface area contributed by atoms with Crippen molar-refractivity contribution in [1.82, 2.24) is 0 Å². The first kappa shape index (κ1) is 38.8. The molecule has 0 N–H and O–H groups in total. The predicted molar refractivity (Wildman–Crippen MR) is 273 cm³/mol. The molecule has 2 aromatic heterocycles. The van der Waals surface area contributed by atoms with Crippen LogP contribution >= 0.6 is 22.7 Å². The third kappa shape index (κ3) is 7.74. The Hall–Kier alpha value is -7.36. The van der Waals surface area contributed by atoms with Crippen LogP contribution in [0.15, 0.2) is 243 Å². The van der Waals surface area contributed by atoms with Gasteiger partial charge in [0.1, 0.15) is 0 Å². The van der Waals surface area contributed by atoms with Crippen molar-refractivity contribution in [3.05, 3.63) is 249 Å². The molecule has 0 nitrogen and oxygen atoms in total. The monoisotopic (exact) mass is 826 g/mol. The second-order valence-corrected chi connectivity index (χ2v) is 17.5. The summed E-state index contributed by atoms with van der Waals surface area (Å²) >= 11 is 3.68. The molecule has 0 aliphatic heterocycles. The molecular weight excluding hydrogens is 785 g/mol. The third-order valence-electron chi connectivity index (χ3n) is 11.5. The van der Waals surface area contributed by atoms with Gasteiger partial charge in [0, 0.05) is 19.5 Å². The van der Waals surface area contributed by atoms with Gasteiger partial charge in [0.2, 0.25) is 0 Å². The molecule has 0 atom stereocenters. The lowest BCUT2D eigenvalue weighted by Gasteiger charge is -2.19. The van der Waals surface area contributed by atoms with Gasteiger partial charge in [0.15, 0.2) is 0 Å². The minimum atomic E-state index is 1.01. The van der Waals surface area contributed by atoms with Crippen LogP contribution < -0.4 is 0 Å². The maximum Gasteiger partial charge on any atom is 0.0349 e. The largest absolute Gasteiger partial charge is 0.135 e. The van der Waals surface area contributed by atoms with Crippen LogP contribution in [-0.2, 0) is 0 Å². The first-order chi connectivity index (χ1) is 30.6. The van der Waals surface area contributed by atoms with E-state index in [-0.39, 0.29) is 0 Å². The molecule has 10 aromatic rings. The van der Waals surface area contributed by atoms with E-state index in [0.29, 0.717) is 0 Å². The molecule has 0 aliphatic carbocycles. The quantitative estimate of drug-likeness (QED) is 0.0900. The fourth-order valence-corrected chi connectivity index (χ4v) is 10.5. The molecular formula is C60H42S2. The van der Waals surface area contributed by atoms with Crippen LogP contribution in [0, 0.1) is 0 Å². The molecule has 2 heteroatoms. The van der Waals surface area contributed by atoms with Crippen molar-refractivity contribution < 1.29 is 0 Å². The summed E-state index contributed by atoms with van der Waals surface area (Å²) in [6.45, 7) is 7.83. The fourth-order valence-electron chi connectivity index (χ4n) is 8.48. The van der Waals surface area contributed by atoms with Crippen LogP contribution in [0.25, 0.3) is 103 Å². The predicted octanol–water partition coefficient (Wildman–Crippen LogP) is 18.1. The zero-order valence-electron chi connectivity index (χ0n) is 34.2. The van der Waals surface area contributed by atoms with Gasteiger partial charge in [-0.25, -0.2) is 0 Å². The first-order valence-corrected chi connectivity index (χ1v) is 22.5. The maximum absolute atomic E-state index is 3.97. The van der Waals surface area contributed by atoms with Gasteiger partial charge in [-0.05, 0) is 137 Å². The summed E-state index contributed by atoms with van der Waals surface area (Å²) in [6.07, 6.45) is 9.83. The van der Waals surface area contributed by atoms with Crippen LogP contribution in [-0.4, -0.2) is 0 Å². The number of hydrogen-bond donors (Lipinski definition) is 0. The van der Waals surface area contributed by atoms with Gasteiger partial charge in [0.05, 0.1) is 0 Å². The zero-order chi connectivity index (χ0) is 41.8. The molecule has 0 radical (unpaired) electrons. The van der Waals surface area contributed by atoms with E-state index < -0.39 is 0 Å². The fraction of sp³-hybridized carbons (Fsp3) is 0. The van der Waals surface area contributed by atoms with Crippen molar-refractivity contribution in [2.75, 3.05) is 0 Å². The van der Waals surface area contributed by atoms with Crippen LogP contribution in [0.2, 0.25) is 0 Å². The summed E-state index contributed by atoms with van der Waals surface area (Å²) in [5, 5.41) is 4.92. The molecule has 0 bridgehead atoms. The smallest absolute Gasteiger partial charge is 0.0349 e. The highest BCUT2D eigenvalue weighted by Crippen LogP contribution is 2.47. The Kier molecular flexibility index (Phi) is 10.8. The Morgan fingerprint density at radius 1 is 0.355 bits per heavy atom. The van der Waals surface area contributed by atoms with Crippen LogP contribution in [0.3, 0.4) is 0 Å². The SMILES string of the molecule is C=C/C=C(C=C)/C=C/c1cccc(-c2ccc3c(-c4cccc(-c5ccc(-c6ccccc6)s5)c4)c4ccccc4c(-c4cccc(-c5ccc(-c6ccccc6)s5)c4)c3c2)c1. The Morgan fingerprint density at radius 2 is 0.806 bits per heavy atom. The highest BCUT2D eigenvalue weighted by atomic mass is 32.1. The number of allylic oxidation sites excluding steroid dienone is 5. The molecule has 0 spiro atoms. The average molecular weight is 827 g/mol. The van der Waals surface area contributed by atoms with Crippen molar-refractivity contribution in [3.63, 3.8) is 0 Å². The molecule has 62 heavy (non-hydrogen) atoms. The van der Waals surface area contributed by atoms with E-state index in [9.17, 15) is 0 Å². The topological polar surface area (TPSA) is 0 Å². The average Bonchev–Trinajstić information content (AvgIpc) is 4.05. The third-order valence-corrected chi connectivity index (χ3v) is 13.8. The summed E-state index contributed by atoms with van der Waals surface area (Å²) in [6, 6.07) is 73.4. The van der Waals surface area contributed by atoms with E-state index in [4.69, 9.17) is 0 Å². The van der Waals surface area contributed by atoms with E-state index in [1.165, 1.54) is 91.1 Å². The summed E-state index contributed by atoms with van der Waals surface area (Å²) in [5.74, 6) is 0. The van der Waals surface area contributed by atoms with Gasteiger partial charge in [-0.15, -0.1) is 22.7 Å². The molecule has 10 rings (SSSR count). The summed E-state index contributed by atoms with van der Waals surface area (Å²) in [4.78, 5) is 5.05. The zero-order valence-corrected chi connectivity index (χ0v) is 35.8. The van der Waals surface area contributed by atoms with Gasteiger partial charge in [-0.1, -0.05) is 195 Å². The first-order valence-electron chi connectivity index (χ1n) is 20.9. The number of thiophene rings is 2. The van der Waals surface area contributed by atoms with Crippen molar-refractivity contribution in [1.29, 1.82) is 0 Å². The van der Waals surface area contributed by atoms with Gasteiger partial charge < -0.3 is 0 Å². The Labute approximate surface area is 372 Å². The molecule has 294 valence electrons. The van der Waals surface area contributed by atoms with E-state index in [0.717, 1.165) is 16.7 Å². The Bertz CT molecular complexity index is 3320. The second kappa shape index (κ2) is 17.3. The number of fused-ring (bicyclic) bond motifs is 2.